The van der Waals surface area contributed by atoms with E-state index in [1.165, 1.54) is 0 Å². The molecule has 0 aromatic heterocycles. The van der Waals surface area contributed by atoms with E-state index >= 15 is 0 Å². The number of benzene rings is 3. The standard InChI is InChI=1S/C30H35ClN2O2/c1-21(2)19-32-30(35)28(17-24-8-6-5-7-9-24)33(20-25-10-12-27(31)13-11-25)29(34)18-26-15-22(3)14-23(4)16-26/h5-16,21,28H,17-20H2,1-4H3,(H,32,35)/t28-/m0/s1. The van der Waals surface area contributed by atoms with Crippen molar-refractivity contribution in [2.75, 3.05) is 6.54 Å². The molecule has 0 unspecified atom stereocenters. The molecule has 35 heavy (non-hydrogen) atoms. The van der Waals surface area contributed by atoms with Crippen LogP contribution in [0, 0.1) is 19.8 Å². The average molecular weight is 491 g/mol. The fraction of sp³-hybridized carbons (Fsp3) is 0.333. The summed E-state index contributed by atoms with van der Waals surface area (Å²) in [6.07, 6.45) is 0.676. The molecule has 0 aliphatic carbocycles. The Kier molecular flexibility index (Phi) is 9.50. The second kappa shape index (κ2) is 12.6. The van der Waals surface area contributed by atoms with Gasteiger partial charge in [-0.15, -0.1) is 0 Å². The molecule has 0 saturated heterocycles. The zero-order valence-corrected chi connectivity index (χ0v) is 21.8. The van der Waals surface area contributed by atoms with Crippen molar-refractivity contribution in [3.8, 4) is 0 Å². The van der Waals surface area contributed by atoms with Gasteiger partial charge in [0.1, 0.15) is 6.04 Å². The average Bonchev–Trinajstić information content (AvgIpc) is 2.81. The van der Waals surface area contributed by atoms with Crippen molar-refractivity contribution in [2.45, 2.75) is 53.1 Å². The van der Waals surface area contributed by atoms with Crippen LogP contribution in [0.5, 0.6) is 0 Å². The van der Waals surface area contributed by atoms with E-state index in [1.807, 2.05) is 80.6 Å². The number of hydrogen-bond donors (Lipinski definition) is 1. The van der Waals surface area contributed by atoms with Gasteiger partial charge in [-0.25, -0.2) is 0 Å². The summed E-state index contributed by atoms with van der Waals surface area (Å²) in [7, 11) is 0. The van der Waals surface area contributed by atoms with Crippen LogP contribution in [0.4, 0.5) is 0 Å². The molecule has 2 amide bonds. The Hall–Kier alpha value is -3.11. The van der Waals surface area contributed by atoms with Crippen molar-refractivity contribution in [1.29, 1.82) is 0 Å². The number of carbonyl (C=O) groups excluding carboxylic acids is 2. The van der Waals surface area contributed by atoms with Gasteiger partial charge in [-0.1, -0.05) is 97.2 Å². The number of halogens is 1. The molecule has 0 bridgehead atoms. The number of rotatable bonds is 10. The first-order valence-corrected chi connectivity index (χ1v) is 12.5. The lowest BCUT2D eigenvalue weighted by Gasteiger charge is -2.32. The minimum absolute atomic E-state index is 0.0782. The van der Waals surface area contributed by atoms with E-state index in [0.717, 1.165) is 27.8 Å². The van der Waals surface area contributed by atoms with Crippen molar-refractivity contribution in [3.05, 3.63) is 106 Å². The zero-order chi connectivity index (χ0) is 25.4. The summed E-state index contributed by atoms with van der Waals surface area (Å²) < 4.78 is 0. The number of amides is 2. The number of nitrogens with one attached hydrogen (secondary N) is 1. The van der Waals surface area contributed by atoms with Crippen molar-refractivity contribution >= 4 is 23.4 Å². The zero-order valence-electron chi connectivity index (χ0n) is 21.1. The van der Waals surface area contributed by atoms with Gasteiger partial charge in [-0.05, 0) is 48.6 Å². The maximum atomic E-state index is 13.8. The van der Waals surface area contributed by atoms with Crippen LogP contribution < -0.4 is 5.32 Å². The highest BCUT2D eigenvalue weighted by Gasteiger charge is 2.30. The van der Waals surface area contributed by atoms with Crippen LogP contribution in [0.1, 0.15) is 41.7 Å². The molecule has 3 rings (SSSR count). The molecule has 0 spiro atoms. The lowest BCUT2D eigenvalue weighted by Crippen LogP contribution is -2.51. The van der Waals surface area contributed by atoms with Crippen molar-refractivity contribution in [3.63, 3.8) is 0 Å². The third-order valence-electron chi connectivity index (χ3n) is 5.86. The third kappa shape index (κ3) is 8.25. The molecule has 1 atom stereocenters. The summed E-state index contributed by atoms with van der Waals surface area (Å²) in [6.45, 7) is 9.07. The van der Waals surface area contributed by atoms with Gasteiger partial charge >= 0.3 is 0 Å². The van der Waals surface area contributed by atoms with Gasteiger partial charge in [0.15, 0.2) is 0 Å². The van der Waals surface area contributed by atoms with Crippen LogP contribution >= 0.6 is 11.6 Å². The van der Waals surface area contributed by atoms with Crippen molar-refractivity contribution < 1.29 is 9.59 Å². The van der Waals surface area contributed by atoms with E-state index in [2.05, 4.69) is 25.2 Å². The number of nitrogens with zero attached hydrogens (tertiary/aromatic N) is 1. The van der Waals surface area contributed by atoms with Gasteiger partial charge in [-0.3, -0.25) is 9.59 Å². The Morgan fingerprint density at radius 3 is 2.09 bits per heavy atom. The monoisotopic (exact) mass is 490 g/mol. The Morgan fingerprint density at radius 1 is 0.857 bits per heavy atom. The smallest absolute Gasteiger partial charge is 0.243 e. The lowest BCUT2D eigenvalue weighted by molar-refractivity contribution is -0.140. The molecule has 184 valence electrons. The molecule has 0 fully saturated rings. The van der Waals surface area contributed by atoms with E-state index in [9.17, 15) is 9.59 Å². The van der Waals surface area contributed by atoms with Gasteiger partial charge in [0.05, 0.1) is 6.42 Å². The van der Waals surface area contributed by atoms with Gasteiger partial charge in [-0.2, -0.15) is 0 Å². The predicted octanol–water partition coefficient (Wildman–Crippen LogP) is 5.91. The normalized spacial score (nSPS) is 11.8. The lowest BCUT2D eigenvalue weighted by atomic mass is 10.00. The molecule has 0 saturated carbocycles. The van der Waals surface area contributed by atoms with Gasteiger partial charge < -0.3 is 10.2 Å². The number of carbonyl (C=O) groups is 2. The summed E-state index contributed by atoms with van der Waals surface area (Å²) in [5.41, 5.74) is 5.13. The van der Waals surface area contributed by atoms with Crippen molar-refractivity contribution in [2.24, 2.45) is 5.92 Å². The summed E-state index contributed by atoms with van der Waals surface area (Å²) in [4.78, 5) is 29.0. The van der Waals surface area contributed by atoms with E-state index in [0.29, 0.717) is 30.5 Å². The van der Waals surface area contributed by atoms with Gasteiger partial charge in [0.2, 0.25) is 11.8 Å². The summed E-state index contributed by atoms with van der Waals surface area (Å²) in [5.74, 6) is 0.0999. The molecule has 0 heterocycles. The summed E-state index contributed by atoms with van der Waals surface area (Å²) in [6, 6.07) is 22.8. The molecule has 0 aliphatic heterocycles. The molecule has 3 aromatic carbocycles. The molecule has 5 heteroatoms. The van der Waals surface area contributed by atoms with E-state index < -0.39 is 6.04 Å². The molecule has 0 aliphatic rings. The summed E-state index contributed by atoms with van der Waals surface area (Å²) in [5, 5.41) is 3.70. The largest absolute Gasteiger partial charge is 0.354 e. The van der Waals surface area contributed by atoms with Crippen LogP contribution in [0.25, 0.3) is 0 Å². The Bertz CT molecular complexity index is 1110. The van der Waals surface area contributed by atoms with Crippen LogP contribution in [0.2, 0.25) is 5.02 Å². The first-order chi connectivity index (χ1) is 16.7. The quantitative estimate of drug-likeness (QED) is 0.384. The fourth-order valence-electron chi connectivity index (χ4n) is 4.21. The highest BCUT2D eigenvalue weighted by atomic mass is 35.5. The first kappa shape index (κ1) is 26.5. The maximum Gasteiger partial charge on any atom is 0.243 e. The molecular formula is C30H35ClN2O2. The Labute approximate surface area is 214 Å². The SMILES string of the molecule is Cc1cc(C)cc(CC(=O)N(Cc2ccc(Cl)cc2)[C@@H](Cc2ccccc2)C(=O)NCC(C)C)c1. The van der Waals surface area contributed by atoms with Crippen molar-refractivity contribution in [1.82, 2.24) is 10.2 Å². The molecule has 3 aromatic rings. The fourth-order valence-corrected chi connectivity index (χ4v) is 4.34. The number of hydrogen-bond acceptors (Lipinski definition) is 2. The van der Waals surface area contributed by atoms with E-state index in [1.54, 1.807) is 4.90 Å². The molecule has 1 N–H and O–H groups in total. The minimum atomic E-state index is -0.634. The second-order valence-electron chi connectivity index (χ2n) is 9.67. The second-order valence-corrected chi connectivity index (χ2v) is 10.1. The Balaban J connectivity index is 1.96. The van der Waals surface area contributed by atoms with Crippen LogP contribution in [0.15, 0.2) is 72.8 Å². The van der Waals surface area contributed by atoms with E-state index in [-0.39, 0.29) is 18.2 Å². The van der Waals surface area contributed by atoms with Crippen LogP contribution in [-0.4, -0.2) is 29.3 Å². The molecule has 4 nitrogen and oxygen atoms in total. The highest BCUT2D eigenvalue weighted by molar-refractivity contribution is 6.30. The maximum absolute atomic E-state index is 13.8. The molecular weight excluding hydrogens is 456 g/mol. The van der Waals surface area contributed by atoms with Gasteiger partial charge in [0, 0.05) is 24.5 Å². The Morgan fingerprint density at radius 2 is 1.49 bits per heavy atom. The third-order valence-corrected chi connectivity index (χ3v) is 6.11. The van der Waals surface area contributed by atoms with Crippen LogP contribution in [-0.2, 0) is 29.0 Å². The highest BCUT2D eigenvalue weighted by Crippen LogP contribution is 2.19. The van der Waals surface area contributed by atoms with Gasteiger partial charge in [0.25, 0.3) is 0 Å². The molecule has 0 radical (unpaired) electrons. The predicted molar refractivity (Wildman–Crippen MR) is 143 cm³/mol. The minimum Gasteiger partial charge on any atom is -0.354 e. The first-order valence-electron chi connectivity index (χ1n) is 12.1. The van der Waals surface area contributed by atoms with E-state index in [4.69, 9.17) is 11.6 Å². The van der Waals surface area contributed by atoms with Crippen LogP contribution in [0.3, 0.4) is 0 Å². The topological polar surface area (TPSA) is 49.4 Å². The summed E-state index contributed by atoms with van der Waals surface area (Å²) >= 11 is 6.09. The number of aryl methyl sites for hydroxylation is 2.